The van der Waals surface area contributed by atoms with E-state index < -0.39 is 5.97 Å². The van der Waals surface area contributed by atoms with E-state index in [-0.39, 0.29) is 5.91 Å². The van der Waals surface area contributed by atoms with Crippen LogP contribution in [0.1, 0.15) is 53.8 Å². The molecule has 0 aliphatic heterocycles. The second-order valence-corrected chi connectivity index (χ2v) is 5.43. The van der Waals surface area contributed by atoms with Gasteiger partial charge in [0, 0.05) is 10.1 Å². The molecule has 0 saturated heterocycles. The lowest BCUT2D eigenvalue weighted by Gasteiger charge is -2.10. The number of hydrogen-bond donors (Lipinski definition) is 1. The highest BCUT2D eigenvalue weighted by Gasteiger charge is 2.17. The molecule has 0 heterocycles. The van der Waals surface area contributed by atoms with Crippen molar-refractivity contribution in [1.82, 2.24) is 5.32 Å². The third-order valence-corrected chi connectivity index (χ3v) is 3.97. The van der Waals surface area contributed by atoms with Gasteiger partial charge in [-0.25, -0.2) is 4.79 Å². The molecule has 0 aromatic heterocycles. The summed E-state index contributed by atoms with van der Waals surface area (Å²) in [6, 6.07) is 5.10. The van der Waals surface area contributed by atoms with E-state index in [1.54, 1.807) is 25.1 Å². The molecule has 4 nitrogen and oxygen atoms in total. The first-order valence-electron chi connectivity index (χ1n) is 6.85. The number of nitrogens with one attached hydrogen (secondary N) is 1. The van der Waals surface area contributed by atoms with Crippen LogP contribution in [0.15, 0.2) is 18.2 Å². The van der Waals surface area contributed by atoms with E-state index in [9.17, 15) is 9.59 Å². The van der Waals surface area contributed by atoms with Gasteiger partial charge in [-0.2, -0.15) is 0 Å². The molecule has 0 aliphatic carbocycles. The van der Waals surface area contributed by atoms with E-state index in [0.717, 1.165) is 19.3 Å². The Bertz CT molecular complexity index is 474. The largest absolute Gasteiger partial charge is 0.462 e. The Kier molecular flexibility index (Phi) is 7.58. The predicted octanol–water partition coefficient (Wildman–Crippen LogP) is 3.39. The second-order valence-electron chi connectivity index (χ2n) is 4.35. The van der Waals surface area contributed by atoms with Crippen molar-refractivity contribution in [2.75, 3.05) is 13.2 Å². The van der Waals surface area contributed by atoms with Crippen LogP contribution in [0.3, 0.4) is 0 Å². The van der Waals surface area contributed by atoms with Gasteiger partial charge in [-0.1, -0.05) is 25.8 Å². The third kappa shape index (κ3) is 4.77. The van der Waals surface area contributed by atoms with E-state index in [2.05, 4.69) is 12.2 Å². The number of amides is 1. The fourth-order valence-electron chi connectivity index (χ4n) is 1.75. The zero-order valence-corrected chi connectivity index (χ0v) is 14.0. The first-order valence-corrected chi connectivity index (χ1v) is 7.93. The van der Waals surface area contributed by atoms with Crippen molar-refractivity contribution in [3.63, 3.8) is 0 Å². The average Bonchev–Trinajstić information content (AvgIpc) is 2.44. The van der Waals surface area contributed by atoms with Gasteiger partial charge in [0.1, 0.15) is 0 Å². The Hall–Kier alpha value is -1.11. The van der Waals surface area contributed by atoms with Crippen molar-refractivity contribution >= 4 is 34.5 Å². The smallest absolute Gasteiger partial charge is 0.339 e. The highest BCUT2D eigenvalue weighted by atomic mass is 127. The van der Waals surface area contributed by atoms with E-state index >= 15 is 0 Å². The highest BCUT2D eigenvalue weighted by Crippen LogP contribution is 2.18. The molecule has 5 heteroatoms. The van der Waals surface area contributed by atoms with Crippen LogP contribution < -0.4 is 5.32 Å². The Morgan fingerprint density at radius 3 is 2.55 bits per heavy atom. The number of carbonyl (C=O) groups is 2. The predicted molar refractivity (Wildman–Crippen MR) is 87.0 cm³/mol. The van der Waals surface area contributed by atoms with Gasteiger partial charge in [0.25, 0.3) is 5.91 Å². The summed E-state index contributed by atoms with van der Waals surface area (Å²) in [5, 5.41) is 2.88. The van der Waals surface area contributed by atoms with Crippen LogP contribution in [0, 0.1) is 3.57 Å². The van der Waals surface area contributed by atoms with Gasteiger partial charge >= 0.3 is 5.97 Å². The summed E-state index contributed by atoms with van der Waals surface area (Å²) in [5.74, 6) is -0.533. The fourth-order valence-corrected chi connectivity index (χ4v) is 2.57. The summed E-state index contributed by atoms with van der Waals surface area (Å²) in [6.07, 6.45) is 3.18. The van der Waals surface area contributed by atoms with E-state index in [1.807, 2.05) is 22.6 Å². The number of halogens is 1. The summed E-state index contributed by atoms with van der Waals surface area (Å²) in [4.78, 5) is 23.9. The molecule has 20 heavy (non-hydrogen) atoms. The molecule has 110 valence electrons. The highest BCUT2D eigenvalue weighted by molar-refractivity contribution is 14.1. The summed E-state index contributed by atoms with van der Waals surface area (Å²) < 4.78 is 5.62. The van der Waals surface area contributed by atoms with Gasteiger partial charge in [0.15, 0.2) is 0 Å². The Balaban J connectivity index is 2.77. The number of benzene rings is 1. The molecule has 0 aliphatic rings. The summed E-state index contributed by atoms with van der Waals surface area (Å²) in [7, 11) is 0. The topological polar surface area (TPSA) is 55.4 Å². The zero-order chi connectivity index (χ0) is 15.0. The monoisotopic (exact) mass is 389 g/mol. The lowest BCUT2D eigenvalue weighted by molar-refractivity contribution is 0.0525. The molecular formula is C15H20INO3. The molecule has 0 unspecified atom stereocenters. The van der Waals surface area contributed by atoms with Gasteiger partial charge in [0.05, 0.1) is 17.7 Å². The van der Waals surface area contributed by atoms with Crippen LogP contribution in [0.5, 0.6) is 0 Å². The van der Waals surface area contributed by atoms with Crippen LogP contribution in [0.4, 0.5) is 0 Å². The lowest BCUT2D eigenvalue weighted by atomic mass is 10.1. The van der Waals surface area contributed by atoms with Crippen LogP contribution in [0.2, 0.25) is 0 Å². The van der Waals surface area contributed by atoms with Crippen molar-refractivity contribution in [1.29, 1.82) is 0 Å². The van der Waals surface area contributed by atoms with Gasteiger partial charge in [-0.15, -0.1) is 0 Å². The van der Waals surface area contributed by atoms with Gasteiger partial charge in [-0.05, 0) is 48.1 Å². The number of hydrogen-bond acceptors (Lipinski definition) is 3. The maximum atomic E-state index is 12.1. The third-order valence-electron chi connectivity index (χ3n) is 2.80. The van der Waals surface area contributed by atoms with Gasteiger partial charge < -0.3 is 10.1 Å². The van der Waals surface area contributed by atoms with Crippen molar-refractivity contribution in [3.8, 4) is 0 Å². The maximum Gasteiger partial charge on any atom is 0.339 e. The van der Waals surface area contributed by atoms with Crippen LogP contribution >= 0.6 is 22.6 Å². The minimum Gasteiger partial charge on any atom is -0.462 e. The Morgan fingerprint density at radius 1 is 1.20 bits per heavy atom. The SMILES string of the molecule is CCCCCNC(=O)c1cccc(C(=O)OCC)c1I. The molecule has 0 saturated carbocycles. The van der Waals surface area contributed by atoms with Gasteiger partial charge in [0.2, 0.25) is 0 Å². The van der Waals surface area contributed by atoms with E-state index in [1.165, 1.54) is 0 Å². The van der Waals surface area contributed by atoms with Gasteiger partial charge in [-0.3, -0.25) is 4.79 Å². The van der Waals surface area contributed by atoms with E-state index in [4.69, 9.17) is 4.74 Å². The number of ether oxygens (including phenoxy) is 1. The minimum atomic E-state index is -0.391. The molecule has 0 fully saturated rings. The first kappa shape index (κ1) is 16.9. The number of unbranched alkanes of at least 4 members (excludes halogenated alkanes) is 2. The van der Waals surface area contributed by atoms with Crippen LogP contribution in [-0.2, 0) is 4.74 Å². The lowest BCUT2D eigenvalue weighted by Crippen LogP contribution is -2.26. The minimum absolute atomic E-state index is 0.142. The number of esters is 1. The molecule has 0 atom stereocenters. The number of rotatable bonds is 7. The molecule has 1 amide bonds. The van der Waals surface area contributed by atoms with Crippen molar-refractivity contribution in [2.45, 2.75) is 33.1 Å². The Labute approximate surface area is 133 Å². The molecule has 0 spiro atoms. The quantitative estimate of drug-likeness (QED) is 0.442. The summed E-state index contributed by atoms with van der Waals surface area (Å²) >= 11 is 2.02. The molecule has 0 bridgehead atoms. The molecular weight excluding hydrogens is 369 g/mol. The molecule has 1 N–H and O–H groups in total. The van der Waals surface area contributed by atoms with Crippen LogP contribution in [-0.4, -0.2) is 25.0 Å². The number of carbonyl (C=O) groups excluding carboxylic acids is 2. The molecule has 0 radical (unpaired) electrons. The molecule has 1 rings (SSSR count). The maximum absolute atomic E-state index is 12.1. The Morgan fingerprint density at radius 2 is 1.90 bits per heavy atom. The second kappa shape index (κ2) is 8.94. The van der Waals surface area contributed by atoms with Crippen molar-refractivity contribution in [2.24, 2.45) is 0 Å². The summed E-state index contributed by atoms with van der Waals surface area (Å²) in [6.45, 7) is 4.86. The molecule has 1 aromatic carbocycles. The van der Waals surface area contributed by atoms with Crippen molar-refractivity contribution < 1.29 is 14.3 Å². The first-order chi connectivity index (χ1) is 9.61. The van der Waals surface area contributed by atoms with Crippen molar-refractivity contribution in [3.05, 3.63) is 32.9 Å². The fraction of sp³-hybridized carbons (Fsp3) is 0.467. The molecule has 1 aromatic rings. The zero-order valence-electron chi connectivity index (χ0n) is 11.9. The average molecular weight is 389 g/mol. The van der Waals surface area contributed by atoms with Crippen LogP contribution in [0.25, 0.3) is 0 Å². The summed E-state index contributed by atoms with van der Waals surface area (Å²) in [5.41, 5.74) is 0.960. The standard InChI is InChI=1S/C15H20INO3/c1-3-5-6-10-17-14(18)11-8-7-9-12(13(11)16)15(19)20-4-2/h7-9H,3-6,10H2,1-2H3,(H,17,18). The normalized spacial score (nSPS) is 10.2. The van der Waals surface area contributed by atoms with E-state index in [0.29, 0.717) is 27.8 Å².